The lowest BCUT2D eigenvalue weighted by Crippen LogP contribution is -2.21. The monoisotopic (exact) mass is 397 g/mol. The number of anilines is 2. The highest BCUT2D eigenvalue weighted by atomic mass is 16.6. The number of ether oxygens (including phenoxy) is 1. The van der Waals surface area contributed by atoms with E-state index < -0.39 is 10.9 Å². The van der Waals surface area contributed by atoms with E-state index >= 15 is 0 Å². The van der Waals surface area contributed by atoms with Gasteiger partial charge in [0.25, 0.3) is 11.6 Å². The Hall–Kier alpha value is -3.42. The molecule has 1 aliphatic carbocycles. The van der Waals surface area contributed by atoms with Gasteiger partial charge in [0.05, 0.1) is 4.92 Å². The van der Waals surface area contributed by atoms with E-state index in [9.17, 15) is 19.7 Å². The van der Waals surface area contributed by atoms with Crippen LogP contribution in [-0.4, -0.2) is 30.0 Å². The molecule has 0 unspecified atom stereocenters. The summed E-state index contributed by atoms with van der Waals surface area (Å²) in [4.78, 5) is 34.3. The highest BCUT2D eigenvalue weighted by Gasteiger charge is 2.14. The lowest BCUT2D eigenvalue weighted by molar-refractivity contribution is -0.384. The number of carbonyl (C=O) groups is 2. The van der Waals surface area contributed by atoms with Crippen molar-refractivity contribution >= 4 is 28.9 Å². The number of benzene rings is 2. The summed E-state index contributed by atoms with van der Waals surface area (Å²) in [5.41, 5.74) is 3.67. The Kier molecular flexibility index (Phi) is 6.78. The van der Waals surface area contributed by atoms with E-state index in [1.165, 1.54) is 17.2 Å². The van der Waals surface area contributed by atoms with E-state index in [2.05, 4.69) is 10.6 Å². The van der Waals surface area contributed by atoms with Gasteiger partial charge in [0.15, 0.2) is 6.61 Å². The van der Waals surface area contributed by atoms with Gasteiger partial charge in [-0.1, -0.05) is 18.2 Å². The molecule has 2 aromatic rings. The SMILES string of the molecule is O=C(COC(=O)CCCNc1ccccc1[N+](=O)[O-])Nc1ccc2c(c1)CCC2. The molecule has 2 aromatic carbocycles. The molecule has 0 bridgehead atoms. The third-order valence-electron chi connectivity index (χ3n) is 4.72. The topological polar surface area (TPSA) is 111 Å². The van der Waals surface area contributed by atoms with Crippen molar-refractivity contribution in [2.45, 2.75) is 32.1 Å². The fourth-order valence-electron chi connectivity index (χ4n) is 3.30. The second kappa shape index (κ2) is 9.68. The van der Waals surface area contributed by atoms with Crippen LogP contribution in [0.4, 0.5) is 17.1 Å². The summed E-state index contributed by atoms with van der Waals surface area (Å²) in [6.07, 6.45) is 3.77. The number of rotatable bonds is 9. The van der Waals surface area contributed by atoms with Crippen LogP contribution in [0.25, 0.3) is 0 Å². The molecule has 8 heteroatoms. The maximum Gasteiger partial charge on any atom is 0.306 e. The highest BCUT2D eigenvalue weighted by Crippen LogP contribution is 2.25. The van der Waals surface area contributed by atoms with Gasteiger partial charge in [0, 0.05) is 24.7 Å². The lowest BCUT2D eigenvalue weighted by atomic mass is 10.1. The molecule has 29 heavy (non-hydrogen) atoms. The van der Waals surface area contributed by atoms with Gasteiger partial charge < -0.3 is 15.4 Å². The smallest absolute Gasteiger partial charge is 0.306 e. The van der Waals surface area contributed by atoms with Crippen LogP contribution >= 0.6 is 0 Å². The number of nitrogens with zero attached hydrogens (tertiary/aromatic N) is 1. The Morgan fingerprint density at radius 3 is 2.72 bits per heavy atom. The van der Waals surface area contributed by atoms with Crippen LogP contribution in [0, 0.1) is 10.1 Å². The van der Waals surface area contributed by atoms with Gasteiger partial charge in [-0.15, -0.1) is 0 Å². The number of hydrogen-bond donors (Lipinski definition) is 2. The number of carbonyl (C=O) groups excluding carboxylic acids is 2. The van der Waals surface area contributed by atoms with Crippen LogP contribution < -0.4 is 10.6 Å². The van der Waals surface area contributed by atoms with Crippen LogP contribution in [0.5, 0.6) is 0 Å². The summed E-state index contributed by atoms with van der Waals surface area (Å²) in [5.74, 6) is -0.868. The summed E-state index contributed by atoms with van der Waals surface area (Å²) in [6, 6.07) is 12.2. The minimum absolute atomic E-state index is 0.0155. The molecule has 2 N–H and O–H groups in total. The van der Waals surface area contributed by atoms with Crippen LogP contribution in [0.15, 0.2) is 42.5 Å². The number of esters is 1. The number of aryl methyl sites for hydroxylation is 2. The van der Waals surface area contributed by atoms with Crippen molar-refractivity contribution in [1.82, 2.24) is 0 Å². The molecule has 0 saturated carbocycles. The molecular weight excluding hydrogens is 374 g/mol. The zero-order valence-corrected chi connectivity index (χ0v) is 16.0. The molecule has 1 aliphatic rings. The predicted octanol–water partition coefficient (Wildman–Crippen LogP) is 3.46. The number of nitro benzene ring substituents is 1. The fourth-order valence-corrected chi connectivity index (χ4v) is 3.30. The average molecular weight is 397 g/mol. The van der Waals surface area contributed by atoms with E-state index in [4.69, 9.17) is 4.74 Å². The molecule has 0 fully saturated rings. The predicted molar refractivity (Wildman–Crippen MR) is 109 cm³/mol. The second-order valence-electron chi connectivity index (χ2n) is 6.85. The Labute approximate surface area is 168 Å². The quantitative estimate of drug-likeness (QED) is 0.290. The van der Waals surface area contributed by atoms with Crippen molar-refractivity contribution in [2.24, 2.45) is 0 Å². The molecule has 0 aliphatic heterocycles. The third-order valence-corrected chi connectivity index (χ3v) is 4.72. The first-order chi connectivity index (χ1) is 14.0. The van der Waals surface area contributed by atoms with Crippen molar-refractivity contribution in [3.8, 4) is 0 Å². The number of amides is 1. The zero-order chi connectivity index (χ0) is 20.6. The minimum atomic E-state index is -0.488. The van der Waals surface area contributed by atoms with Crippen LogP contribution in [0.2, 0.25) is 0 Å². The number of nitrogens with one attached hydrogen (secondary N) is 2. The normalized spacial score (nSPS) is 12.1. The molecule has 8 nitrogen and oxygen atoms in total. The summed E-state index contributed by atoms with van der Waals surface area (Å²) >= 11 is 0. The van der Waals surface area contributed by atoms with Crippen LogP contribution in [0.3, 0.4) is 0 Å². The number of fused-ring (bicyclic) bond motifs is 1. The molecule has 0 saturated heterocycles. The molecular formula is C21H23N3O5. The summed E-state index contributed by atoms with van der Waals surface area (Å²) in [7, 11) is 0. The van der Waals surface area contributed by atoms with Crippen LogP contribution in [0.1, 0.15) is 30.4 Å². The summed E-state index contributed by atoms with van der Waals surface area (Å²) < 4.78 is 5.00. The van der Waals surface area contributed by atoms with Crippen molar-refractivity contribution in [3.63, 3.8) is 0 Å². The Balaban J connectivity index is 1.35. The second-order valence-corrected chi connectivity index (χ2v) is 6.85. The summed E-state index contributed by atoms with van der Waals surface area (Å²) in [6.45, 7) is 0.0365. The van der Waals surface area contributed by atoms with Gasteiger partial charge in [-0.25, -0.2) is 0 Å². The first-order valence-electron chi connectivity index (χ1n) is 9.57. The Morgan fingerprint density at radius 1 is 1.10 bits per heavy atom. The Morgan fingerprint density at radius 2 is 1.90 bits per heavy atom. The van der Waals surface area contributed by atoms with Gasteiger partial charge in [0.1, 0.15) is 5.69 Å². The number of para-hydroxylation sites is 2. The van der Waals surface area contributed by atoms with Crippen molar-refractivity contribution in [3.05, 3.63) is 63.7 Å². The average Bonchev–Trinajstić information content (AvgIpc) is 3.17. The summed E-state index contributed by atoms with van der Waals surface area (Å²) in [5, 5.41) is 16.6. The van der Waals surface area contributed by atoms with Crippen molar-refractivity contribution < 1.29 is 19.2 Å². The molecule has 0 heterocycles. The molecule has 152 valence electrons. The van der Waals surface area contributed by atoms with Gasteiger partial charge in [0.2, 0.25) is 0 Å². The van der Waals surface area contributed by atoms with Crippen LogP contribution in [-0.2, 0) is 27.2 Å². The fraction of sp³-hybridized carbons (Fsp3) is 0.333. The van der Waals surface area contributed by atoms with E-state index in [1.54, 1.807) is 18.2 Å². The maximum atomic E-state index is 12.0. The largest absolute Gasteiger partial charge is 0.456 e. The van der Waals surface area contributed by atoms with E-state index in [0.29, 0.717) is 24.3 Å². The maximum absolute atomic E-state index is 12.0. The van der Waals surface area contributed by atoms with E-state index in [-0.39, 0.29) is 24.6 Å². The van der Waals surface area contributed by atoms with Crippen molar-refractivity contribution in [2.75, 3.05) is 23.8 Å². The molecule has 0 spiro atoms. The zero-order valence-electron chi connectivity index (χ0n) is 16.0. The number of hydrogen-bond acceptors (Lipinski definition) is 6. The lowest BCUT2D eigenvalue weighted by Gasteiger charge is -2.09. The van der Waals surface area contributed by atoms with E-state index in [0.717, 1.165) is 19.3 Å². The minimum Gasteiger partial charge on any atom is -0.456 e. The van der Waals surface area contributed by atoms with Gasteiger partial charge in [-0.05, 0) is 55.0 Å². The molecule has 1 amide bonds. The van der Waals surface area contributed by atoms with E-state index in [1.807, 2.05) is 18.2 Å². The van der Waals surface area contributed by atoms with Gasteiger partial charge in [-0.2, -0.15) is 0 Å². The third kappa shape index (κ3) is 5.78. The first-order valence-corrected chi connectivity index (χ1v) is 9.57. The number of nitro groups is 1. The molecule has 0 atom stereocenters. The van der Waals surface area contributed by atoms with Crippen molar-refractivity contribution in [1.29, 1.82) is 0 Å². The standard InChI is InChI=1S/C21H23N3O5/c25-20(23-17-11-10-15-5-3-6-16(15)13-17)14-29-21(26)9-4-12-22-18-7-1-2-8-19(18)24(27)28/h1-2,7-8,10-11,13,22H,3-6,9,12,14H2,(H,23,25). The van der Waals surface area contributed by atoms with Gasteiger partial charge in [-0.3, -0.25) is 19.7 Å². The molecule has 0 aromatic heterocycles. The highest BCUT2D eigenvalue weighted by molar-refractivity contribution is 5.92. The molecule has 0 radical (unpaired) electrons. The Bertz CT molecular complexity index is 913. The first kappa shape index (κ1) is 20.3. The van der Waals surface area contributed by atoms with Gasteiger partial charge >= 0.3 is 5.97 Å². The molecule has 3 rings (SSSR count).